The first-order valence-corrected chi connectivity index (χ1v) is 12.1. The lowest BCUT2D eigenvalue weighted by Crippen LogP contribution is -2.20. The Balaban J connectivity index is 1.42. The van der Waals surface area contributed by atoms with Crippen molar-refractivity contribution in [3.63, 3.8) is 0 Å². The number of benzene rings is 1. The van der Waals surface area contributed by atoms with Gasteiger partial charge in [0.25, 0.3) is 0 Å². The molecule has 2 aliphatic rings. The summed E-state index contributed by atoms with van der Waals surface area (Å²) in [5.74, 6) is 0.481. The van der Waals surface area contributed by atoms with Crippen molar-refractivity contribution in [2.45, 2.75) is 50.7 Å². The Labute approximate surface area is 206 Å². The van der Waals surface area contributed by atoms with E-state index >= 15 is 4.39 Å². The van der Waals surface area contributed by atoms with Crippen LogP contribution in [0.4, 0.5) is 4.39 Å². The quantitative estimate of drug-likeness (QED) is 0.369. The normalized spacial score (nSPS) is 20.3. The van der Waals surface area contributed by atoms with Crippen LogP contribution in [0.3, 0.4) is 0 Å². The van der Waals surface area contributed by atoms with Gasteiger partial charge in [-0.2, -0.15) is 5.10 Å². The molecule has 2 fully saturated rings. The maximum absolute atomic E-state index is 15.0. The maximum Gasteiger partial charge on any atom is 0.235 e. The fourth-order valence-corrected chi connectivity index (χ4v) is 4.76. The molecule has 4 heterocycles. The van der Waals surface area contributed by atoms with E-state index in [1.807, 2.05) is 10.9 Å². The van der Waals surface area contributed by atoms with Crippen molar-refractivity contribution in [3.8, 4) is 17.1 Å². The molecule has 2 unspecified atom stereocenters. The summed E-state index contributed by atoms with van der Waals surface area (Å²) in [6, 6.07) is 5.03. The van der Waals surface area contributed by atoms with E-state index in [1.165, 1.54) is 26.0 Å². The minimum atomic E-state index is -0.484. The third kappa shape index (κ3) is 4.23. The Hall–Kier alpha value is -3.17. The summed E-state index contributed by atoms with van der Waals surface area (Å²) in [5.41, 5.74) is 3.11. The van der Waals surface area contributed by atoms with Gasteiger partial charge >= 0.3 is 0 Å². The average molecular weight is 495 g/mol. The first-order chi connectivity index (χ1) is 17.0. The van der Waals surface area contributed by atoms with E-state index in [1.54, 1.807) is 19.1 Å². The zero-order valence-corrected chi connectivity index (χ0v) is 20.2. The van der Waals surface area contributed by atoms with Gasteiger partial charge in [-0.3, -0.25) is 4.68 Å². The molecular formula is C25H24ClFN6O2. The van der Waals surface area contributed by atoms with E-state index in [-0.39, 0.29) is 17.6 Å². The first-order valence-electron chi connectivity index (χ1n) is 11.7. The van der Waals surface area contributed by atoms with Gasteiger partial charge in [-0.25, -0.2) is 24.3 Å². The molecule has 10 heteroatoms. The first kappa shape index (κ1) is 22.3. The second kappa shape index (κ2) is 8.80. The van der Waals surface area contributed by atoms with Crippen LogP contribution in [0.2, 0.25) is 5.02 Å². The van der Waals surface area contributed by atoms with Crippen molar-refractivity contribution in [1.29, 1.82) is 0 Å². The average Bonchev–Trinajstić information content (AvgIpc) is 3.59. The Morgan fingerprint density at radius 3 is 2.77 bits per heavy atom. The van der Waals surface area contributed by atoms with E-state index in [9.17, 15) is 0 Å². The number of aromatic nitrogens is 6. The molecular weight excluding hydrogens is 471 g/mol. The second-order valence-electron chi connectivity index (χ2n) is 9.11. The van der Waals surface area contributed by atoms with Crippen LogP contribution >= 0.6 is 11.6 Å². The highest BCUT2D eigenvalue weighted by Crippen LogP contribution is 2.40. The van der Waals surface area contributed by atoms with Crippen LogP contribution in [0.1, 0.15) is 60.8 Å². The van der Waals surface area contributed by atoms with Gasteiger partial charge in [0, 0.05) is 34.9 Å². The number of methoxy groups -OCH3 is 1. The van der Waals surface area contributed by atoms with Gasteiger partial charge in [0.2, 0.25) is 5.88 Å². The predicted molar refractivity (Wildman–Crippen MR) is 128 cm³/mol. The molecule has 6 rings (SSSR count). The zero-order chi connectivity index (χ0) is 24.1. The van der Waals surface area contributed by atoms with Gasteiger partial charge in [0.1, 0.15) is 28.5 Å². The van der Waals surface area contributed by atoms with Crippen molar-refractivity contribution in [1.82, 2.24) is 29.7 Å². The SMILES string of the molecule is COc1nc2c(-c3ccc(Cl)cc3F)nc(C3CCOC(c4cnn(C5CC5)c4)C3)nc2nc1C. The van der Waals surface area contributed by atoms with Crippen LogP contribution in [0, 0.1) is 12.7 Å². The highest BCUT2D eigenvalue weighted by atomic mass is 35.5. The van der Waals surface area contributed by atoms with Gasteiger partial charge in [0.05, 0.1) is 25.5 Å². The molecule has 1 aliphatic heterocycles. The lowest BCUT2D eigenvalue weighted by atomic mass is 9.92. The van der Waals surface area contributed by atoms with Gasteiger partial charge in [-0.15, -0.1) is 0 Å². The standard InChI is InChI=1S/C25H24ClFN6O2/c1-13-25(34-2)31-22-21(18-6-3-16(26)10-19(18)27)30-23(32-24(22)29-13)14-7-8-35-20(9-14)15-11-28-33(12-15)17-4-5-17/h3,6,10-12,14,17,20H,4-5,7-9H2,1-2H3. The van der Waals surface area contributed by atoms with Crippen LogP contribution in [0.25, 0.3) is 22.4 Å². The molecule has 35 heavy (non-hydrogen) atoms. The highest BCUT2D eigenvalue weighted by molar-refractivity contribution is 6.30. The Bertz CT molecular complexity index is 1420. The van der Waals surface area contributed by atoms with Crippen molar-refractivity contribution in [2.24, 2.45) is 0 Å². The van der Waals surface area contributed by atoms with E-state index in [0.717, 1.165) is 12.0 Å². The van der Waals surface area contributed by atoms with Crippen molar-refractivity contribution in [3.05, 3.63) is 58.5 Å². The monoisotopic (exact) mass is 494 g/mol. The number of rotatable bonds is 5. The molecule has 0 amide bonds. The molecule has 1 aliphatic carbocycles. The van der Waals surface area contributed by atoms with E-state index in [0.29, 0.717) is 58.3 Å². The predicted octanol–water partition coefficient (Wildman–Crippen LogP) is 5.36. The van der Waals surface area contributed by atoms with Crippen LogP contribution in [-0.4, -0.2) is 43.4 Å². The number of hydrogen-bond donors (Lipinski definition) is 0. The molecule has 2 atom stereocenters. The van der Waals surface area contributed by atoms with Crippen molar-refractivity contribution in [2.75, 3.05) is 13.7 Å². The Morgan fingerprint density at radius 1 is 1.14 bits per heavy atom. The van der Waals surface area contributed by atoms with Crippen LogP contribution < -0.4 is 4.74 Å². The molecule has 4 aromatic rings. The summed E-state index contributed by atoms with van der Waals surface area (Å²) in [5, 5.41) is 4.82. The van der Waals surface area contributed by atoms with Gasteiger partial charge in [-0.1, -0.05) is 11.6 Å². The molecule has 0 radical (unpaired) electrons. The van der Waals surface area contributed by atoms with Crippen LogP contribution in [0.15, 0.2) is 30.6 Å². The smallest absolute Gasteiger partial charge is 0.235 e. The number of nitrogens with zero attached hydrogens (tertiary/aromatic N) is 6. The van der Waals surface area contributed by atoms with Gasteiger partial charge in [-0.05, 0) is 50.8 Å². The van der Waals surface area contributed by atoms with E-state index in [2.05, 4.69) is 21.3 Å². The third-order valence-electron chi connectivity index (χ3n) is 6.62. The van der Waals surface area contributed by atoms with Crippen molar-refractivity contribution >= 4 is 22.8 Å². The number of ether oxygens (including phenoxy) is 2. The molecule has 1 saturated heterocycles. The fourth-order valence-electron chi connectivity index (χ4n) is 4.60. The number of hydrogen-bond acceptors (Lipinski definition) is 7. The molecule has 0 bridgehead atoms. The summed E-state index contributed by atoms with van der Waals surface area (Å²) in [6.07, 6.45) is 7.69. The minimum Gasteiger partial charge on any atom is -0.480 e. The van der Waals surface area contributed by atoms with Gasteiger partial charge in [0.15, 0.2) is 5.65 Å². The van der Waals surface area contributed by atoms with E-state index in [4.69, 9.17) is 31.0 Å². The summed E-state index contributed by atoms with van der Waals surface area (Å²) in [6.45, 7) is 2.38. The van der Waals surface area contributed by atoms with Gasteiger partial charge < -0.3 is 9.47 Å². The molecule has 0 N–H and O–H groups in total. The topological polar surface area (TPSA) is 87.8 Å². The summed E-state index contributed by atoms with van der Waals surface area (Å²) in [4.78, 5) is 18.8. The zero-order valence-electron chi connectivity index (χ0n) is 19.4. The molecule has 3 aromatic heterocycles. The second-order valence-corrected chi connectivity index (χ2v) is 9.55. The molecule has 0 spiro atoms. The molecule has 8 nitrogen and oxygen atoms in total. The lowest BCUT2D eigenvalue weighted by molar-refractivity contribution is 0.00396. The largest absolute Gasteiger partial charge is 0.480 e. The summed E-state index contributed by atoms with van der Waals surface area (Å²) < 4.78 is 28.5. The number of fused-ring (bicyclic) bond motifs is 1. The highest BCUT2D eigenvalue weighted by Gasteiger charge is 2.31. The van der Waals surface area contributed by atoms with Crippen LogP contribution in [0.5, 0.6) is 5.88 Å². The summed E-state index contributed by atoms with van der Waals surface area (Å²) >= 11 is 6.00. The summed E-state index contributed by atoms with van der Waals surface area (Å²) in [7, 11) is 1.52. The number of aryl methyl sites for hydroxylation is 1. The molecule has 180 valence electrons. The lowest BCUT2D eigenvalue weighted by Gasteiger charge is -2.28. The fraction of sp³-hybridized carbons (Fsp3) is 0.400. The minimum absolute atomic E-state index is 0.0146. The van der Waals surface area contributed by atoms with Crippen molar-refractivity contribution < 1.29 is 13.9 Å². The van der Waals surface area contributed by atoms with Crippen LogP contribution in [-0.2, 0) is 4.74 Å². The molecule has 1 aromatic carbocycles. The maximum atomic E-state index is 15.0. The molecule has 1 saturated carbocycles. The Morgan fingerprint density at radius 2 is 2.00 bits per heavy atom. The van der Waals surface area contributed by atoms with E-state index < -0.39 is 5.82 Å². The third-order valence-corrected chi connectivity index (χ3v) is 6.86. The number of halogens is 2. The Kier molecular flexibility index (Phi) is 5.61.